The summed E-state index contributed by atoms with van der Waals surface area (Å²) in [5.41, 5.74) is 0.485. The lowest BCUT2D eigenvalue weighted by Gasteiger charge is -2.25. The van der Waals surface area contributed by atoms with Gasteiger partial charge in [-0.05, 0) is 49.1 Å². The third kappa shape index (κ3) is 9.21. The molecule has 0 saturated heterocycles. The minimum absolute atomic E-state index is 0.485. The van der Waals surface area contributed by atoms with Crippen LogP contribution in [0.15, 0.2) is 0 Å². The second-order valence-corrected chi connectivity index (χ2v) is 7.11. The van der Waals surface area contributed by atoms with E-state index in [1.165, 1.54) is 19.4 Å². The largest absolute Gasteiger partial charge is 0.316 e. The van der Waals surface area contributed by atoms with Crippen molar-refractivity contribution in [2.75, 3.05) is 13.1 Å². The Morgan fingerprint density at radius 1 is 0.875 bits per heavy atom. The minimum atomic E-state index is 0.485. The van der Waals surface area contributed by atoms with E-state index in [0.29, 0.717) is 5.41 Å². The van der Waals surface area contributed by atoms with Crippen molar-refractivity contribution in [3.8, 4) is 0 Å². The third-order valence-electron chi connectivity index (χ3n) is 3.34. The normalized spacial score (nSPS) is 16.5. The molecule has 0 aliphatic carbocycles. The molecule has 0 aromatic carbocycles. The Labute approximate surface area is 103 Å². The van der Waals surface area contributed by atoms with Crippen LogP contribution in [-0.4, -0.2) is 13.1 Å². The van der Waals surface area contributed by atoms with Gasteiger partial charge in [0.1, 0.15) is 0 Å². The maximum absolute atomic E-state index is 3.56. The topological polar surface area (TPSA) is 12.0 Å². The highest BCUT2D eigenvalue weighted by atomic mass is 14.9. The van der Waals surface area contributed by atoms with Crippen LogP contribution in [0, 0.1) is 23.2 Å². The first-order valence-corrected chi connectivity index (χ1v) is 6.93. The van der Waals surface area contributed by atoms with Crippen LogP contribution in [0.2, 0.25) is 0 Å². The Balaban J connectivity index is 3.69. The van der Waals surface area contributed by atoms with E-state index in [4.69, 9.17) is 0 Å². The van der Waals surface area contributed by atoms with Gasteiger partial charge in [-0.3, -0.25) is 0 Å². The summed E-state index contributed by atoms with van der Waals surface area (Å²) in [6, 6.07) is 0. The van der Waals surface area contributed by atoms with Crippen molar-refractivity contribution in [1.29, 1.82) is 0 Å². The lowest BCUT2D eigenvalue weighted by Crippen LogP contribution is -2.28. The molecule has 0 saturated carbocycles. The molecule has 0 aromatic rings. The average molecular weight is 227 g/mol. The molecule has 98 valence electrons. The Bertz CT molecular complexity index is 167. The van der Waals surface area contributed by atoms with Gasteiger partial charge in [-0.25, -0.2) is 0 Å². The van der Waals surface area contributed by atoms with Gasteiger partial charge in [0.15, 0.2) is 0 Å². The van der Waals surface area contributed by atoms with Gasteiger partial charge in [0.2, 0.25) is 0 Å². The van der Waals surface area contributed by atoms with Crippen LogP contribution in [0.25, 0.3) is 0 Å². The summed E-state index contributed by atoms with van der Waals surface area (Å²) in [6.45, 7) is 18.6. The first-order chi connectivity index (χ1) is 7.22. The molecule has 0 heterocycles. The molecule has 0 bridgehead atoms. The molecule has 0 spiro atoms. The molecule has 0 radical (unpaired) electrons. The highest BCUT2D eigenvalue weighted by Gasteiger charge is 2.16. The standard InChI is InChI=1S/C15H33N/c1-12(2)10-16-11-14(4)13(3)8-9-15(5,6)7/h12-14,16H,8-11H2,1-7H3. The molecule has 0 fully saturated rings. The molecule has 1 N–H and O–H groups in total. The molecule has 2 unspecified atom stereocenters. The molecular weight excluding hydrogens is 194 g/mol. The summed E-state index contributed by atoms with van der Waals surface area (Å²) < 4.78 is 0. The number of hydrogen-bond donors (Lipinski definition) is 1. The Hall–Kier alpha value is -0.0400. The van der Waals surface area contributed by atoms with E-state index in [-0.39, 0.29) is 0 Å². The van der Waals surface area contributed by atoms with Crippen LogP contribution < -0.4 is 5.32 Å². The molecule has 0 rings (SSSR count). The summed E-state index contributed by atoms with van der Waals surface area (Å²) in [5.74, 6) is 2.39. The van der Waals surface area contributed by atoms with Crippen molar-refractivity contribution in [3.63, 3.8) is 0 Å². The summed E-state index contributed by atoms with van der Waals surface area (Å²) >= 11 is 0. The first kappa shape index (κ1) is 16.0. The third-order valence-corrected chi connectivity index (χ3v) is 3.34. The van der Waals surface area contributed by atoms with Crippen molar-refractivity contribution in [2.24, 2.45) is 23.2 Å². The van der Waals surface area contributed by atoms with Crippen LogP contribution in [-0.2, 0) is 0 Å². The van der Waals surface area contributed by atoms with Crippen LogP contribution >= 0.6 is 0 Å². The molecule has 2 atom stereocenters. The molecule has 0 amide bonds. The monoisotopic (exact) mass is 227 g/mol. The molecule has 0 aliphatic heterocycles. The number of rotatable bonds is 7. The zero-order valence-electron chi connectivity index (χ0n) is 12.6. The maximum atomic E-state index is 3.56. The van der Waals surface area contributed by atoms with Crippen molar-refractivity contribution >= 4 is 0 Å². The van der Waals surface area contributed by atoms with Crippen molar-refractivity contribution in [2.45, 2.75) is 61.3 Å². The second-order valence-electron chi connectivity index (χ2n) is 7.11. The van der Waals surface area contributed by atoms with Crippen molar-refractivity contribution in [3.05, 3.63) is 0 Å². The lowest BCUT2D eigenvalue weighted by molar-refractivity contribution is 0.277. The maximum Gasteiger partial charge on any atom is -0.00205 e. The fourth-order valence-electron chi connectivity index (χ4n) is 1.75. The van der Waals surface area contributed by atoms with E-state index in [1.54, 1.807) is 0 Å². The molecule has 0 aromatic heterocycles. The predicted octanol–water partition coefficient (Wildman–Crippen LogP) is 4.33. The van der Waals surface area contributed by atoms with Gasteiger partial charge in [0, 0.05) is 0 Å². The predicted molar refractivity (Wildman–Crippen MR) is 74.7 cm³/mol. The minimum Gasteiger partial charge on any atom is -0.316 e. The van der Waals surface area contributed by atoms with Gasteiger partial charge in [0.25, 0.3) is 0 Å². The molecule has 1 nitrogen and oxygen atoms in total. The van der Waals surface area contributed by atoms with Crippen LogP contribution in [0.3, 0.4) is 0 Å². The van der Waals surface area contributed by atoms with E-state index in [1.807, 2.05) is 0 Å². The fourth-order valence-corrected chi connectivity index (χ4v) is 1.75. The molecule has 16 heavy (non-hydrogen) atoms. The van der Waals surface area contributed by atoms with Gasteiger partial charge in [-0.1, -0.05) is 48.5 Å². The average Bonchev–Trinajstić information content (AvgIpc) is 2.12. The van der Waals surface area contributed by atoms with E-state index in [0.717, 1.165) is 24.3 Å². The summed E-state index contributed by atoms with van der Waals surface area (Å²) in [6.07, 6.45) is 2.69. The Kier molecular flexibility index (Phi) is 7.30. The first-order valence-electron chi connectivity index (χ1n) is 6.93. The highest BCUT2D eigenvalue weighted by Crippen LogP contribution is 2.26. The number of hydrogen-bond acceptors (Lipinski definition) is 1. The van der Waals surface area contributed by atoms with Gasteiger partial charge in [-0.15, -0.1) is 0 Å². The lowest BCUT2D eigenvalue weighted by atomic mass is 9.83. The summed E-state index contributed by atoms with van der Waals surface area (Å²) in [4.78, 5) is 0. The fraction of sp³-hybridized carbons (Fsp3) is 1.00. The van der Waals surface area contributed by atoms with Crippen LogP contribution in [0.5, 0.6) is 0 Å². The van der Waals surface area contributed by atoms with Gasteiger partial charge in [-0.2, -0.15) is 0 Å². The SMILES string of the molecule is CC(C)CNCC(C)C(C)CCC(C)(C)C. The summed E-state index contributed by atoms with van der Waals surface area (Å²) in [7, 11) is 0. The van der Waals surface area contributed by atoms with E-state index < -0.39 is 0 Å². The smallest absolute Gasteiger partial charge is 0.00205 e. The van der Waals surface area contributed by atoms with Crippen LogP contribution in [0.1, 0.15) is 61.3 Å². The quantitative estimate of drug-likeness (QED) is 0.682. The van der Waals surface area contributed by atoms with Crippen LogP contribution in [0.4, 0.5) is 0 Å². The highest BCUT2D eigenvalue weighted by molar-refractivity contribution is 4.69. The Morgan fingerprint density at radius 2 is 1.44 bits per heavy atom. The van der Waals surface area contributed by atoms with Gasteiger partial charge >= 0.3 is 0 Å². The molecular formula is C15H33N. The van der Waals surface area contributed by atoms with Crippen molar-refractivity contribution < 1.29 is 0 Å². The number of nitrogens with one attached hydrogen (secondary N) is 1. The van der Waals surface area contributed by atoms with Crippen molar-refractivity contribution in [1.82, 2.24) is 5.32 Å². The zero-order valence-corrected chi connectivity index (χ0v) is 12.6. The van der Waals surface area contributed by atoms with Gasteiger partial charge < -0.3 is 5.32 Å². The van der Waals surface area contributed by atoms with E-state index in [9.17, 15) is 0 Å². The second kappa shape index (κ2) is 7.32. The zero-order chi connectivity index (χ0) is 12.8. The van der Waals surface area contributed by atoms with Gasteiger partial charge in [0.05, 0.1) is 0 Å². The molecule has 1 heteroatoms. The molecule has 0 aliphatic rings. The summed E-state index contributed by atoms with van der Waals surface area (Å²) in [5, 5.41) is 3.56. The van der Waals surface area contributed by atoms with E-state index in [2.05, 4.69) is 53.8 Å². The Morgan fingerprint density at radius 3 is 1.88 bits per heavy atom. The van der Waals surface area contributed by atoms with E-state index >= 15 is 0 Å².